The van der Waals surface area contributed by atoms with Crippen LogP contribution in [0.5, 0.6) is 5.75 Å². The van der Waals surface area contributed by atoms with E-state index in [4.69, 9.17) is 16.3 Å². The van der Waals surface area contributed by atoms with Gasteiger partial charge in [0, 0.05) is 11.0 Å². The maximum absolute atomic E-state index is 6.11. The van der Waals surface area contributed by atoms with Crippen molar-refractivity contribution >= 4 is 27.5 Å². The Morgan fingerprint density at radius 2 is 1.80 bits per heavy atom. The lowest BCUT2D eigenvalue weighted by Gasteiger charge is -2.09. The fourth-order valence-corrected chi connectivity index (χ4v) is 2.50. The predicted molar refractivity (Wildman–Crippen MR) is 87.3 cm³/mol. The van der Waals surface area contributed by atoms with Crippen LogP contribution in [0.15, 0.2) is 46.9 Å². The van der Waals surface area contributed by atoms with Crippen molar-refractivity contribution < 1.29 is 4.74 Å². The first-order chi connectivity index (χ1) is 9.69. The van der Waals surface area contributed by atoms with Crippen molar-refractivity contribution in [3.8, 4) is 5.75 Å². The molecule has 4 heteroatoms. The van der Waals surface area contributed by atoms with Crippen LogP contribution in [0.3, 0.4) is 0 Å². The first-order valence-corrected chi connectivity index (χ1v) is 7.72. The van der Waals surface area contributed by atoms with Gasteiger partial charge in [-0.05, 0) is 35.9 Å². The zero-order chi connectivity index (χ0) is 14.4. The molecule has 0 atom stereocenters. The average molecular weight is 355 g/mol. The molecular weight excluding hydrogens is 338 g/mol. The molecule has 0 amide bonds. The van der Waals surface area contributed by atoms with E-state index in [1.54, 1.807) is 0 Å². The Morgan fingerprint density at radius 1 is 1.10 bits per heavy atom. The van der Waals surface area contributed by atoms with Crippen molar-refractivity contribution in [2.75, 3.05) is 6.54 Å². The van der Waals surface area contributed by atoms with Gasteiger partial charge >= 0.3 is 0 Å². The summed E-state index contributed by atoms with van der Waals surface area (Å²) in [6.07, 6.45) is 0. The molecule has 20 heavy (non-hydrogen) atoms. The normalized spacial score (nSPS) is 10.6. The summed E-state index contributed by atoms with van der Waals surface area (Å²) in [5.74, 6) is 0.701. The number of hydrogen-bond donors (Lipinski definition) is 1. The van der Waals surface area contributed by atoms with E-state index in [2.05, 4.69) is 52.4 Å². The Hall–Kier alpha value is -1.03. The number of hydrogen-bond acceptors (Lipinski definition) is 2. The van der Waals surface area contributed by atoms with E-state index >= 15 is 0 Å². The van der Waals surface area contributed by atoms with Gasteiger partial charge in [-0.2, -0.15) is 0 Å². The van der Waals surface area contributed by atoms with E-state index in [1.807, 2.05) is 18.2 Å². The van der Waals surface area contributed by atoms with Crippen LogP contribution in [0.2, 0.25) is 5.02 Å². The van der Waals surface area contributed by atoms with Crippen LogP contribution in [-0.4, -0.2) is 6.54 Å². The molecule has 0 fully saturated rings. The fourth-order valence-electron chi connectivity index (χ4n) is 1.78. The van der Waals surface area contributed by atoms with Gasteiger partial charge in [0.05, 0.1) is 5.02 Å². The van der Waals surface area contributed by atoms with E-state index in [0.717, 1.165) is 23.1 Å². The number of benzene rings is 2. The summed E-state index contributed by atoms with van der Waals surface area (Å²) in [5, 5.41) is 3.92. The van der Waals surface area contributed by atoms with Crippen molar-refractivity contribution in [1.82, 2.24) is 5.32 Å². The topological polar surface area (TPSA) is 21.3 Å². The van der Waals surface area contributed by atoms with Crippen molar-refractivity contribution in [3.63, 3.8) is 0 Å². The summed E-state index contributed by atoms with van der Waals surface area (Å²) in [5.41, 5.74) is 2.40. The Kier molecular flexibility index (Phi) is 5.89. The molecule has 2 aromatic rings. The van der Waals surface area contributed by atoms with Crippen LogP contribution < -0.4 is 10.1 Å². The maximum Gasteiger partial charge on any atom is 0.138 e. The Labute approximate surface area is 133 Å². The summed E-state index contributed by atoms with van der Waals surface area (Å²) in [4.78, 5) is 0. The molecule has 0 aliphatic rings. The zero-order valence-electron chi connectivity index (χ0n) is 11.3. The minimum atomic E-state index is 0.517. The molecule has 0 saturated heterocycles. The molecule has 0 saturated carbocycles. The number of ether oxygens (including phenoxy) is 1. The molecular formula is C16H17BrClNO. The number of halogens is 2. The molecule has 2 rings (SSSR count). The highest BCUT2D eigenvalue weighted by Gasteiger charge is 2.02. The van der Waals surface area contributed by atoms with Gasteiger partial charge in [-0.15, -0.1) is 0 Å². The Bertz CT molecular complexity index is 557. The van der Waals surface area contributed by atoms with E-state index in [-0.39, 0.29) is 0 Å². The van der Waals surface area contributed by atoms with E-state index < -0.39 is 0 Å². The van der Waals surface area contributed by atoms with Gasteiger partial charge in [-0.1, -0.05) is 58.7 Å². The smallest absolute Gasteiger partial charge is 0.138 e. The van der Waals surface area contributed by atoms with Crippen LogP contribution in [0.25, 0.3) is 0 Å². The summed E-state index contributed by atoms with van der Waals surface area (Å²) in [7, 11) is 0. The molecule has 2 nitrogen and oxygen atoms in total. The van der Waals surface area contributed by atoms with Crippen LogP contribution >= 0.6 is 27.5 Å². The van der Waals surface area contributed by atoms with Crippen LogP contribution in [0.1, 0.15) is 18.1 Å². The van der Waals surface area contributed by atoms with Crippen LogP contribution in [-0.2, 0) is 13.2 Å². The third-order valence-corrected chi connectivity index (χ3v) is 3.68. The summed E-state index contributed by atoms with van der Waals surface area (Å²) >= 11 is 9.49. The maximum atomic E-state index is 6.11. The molecule has 0 aliphatic carbocycles. The average Bonchev–Trinajstić information content (AvgIpc) is 2.45. The minimum Gasteiger partial charge on any atom is -0.487 e. The molecule has 2 aromatic carbocycles. The molecule has 106 valence electrons. The molecule has 0 radical (unpaired) electrons. The van der Waals surface area contributed by atoms with Crippen molar-refractivity contribution in [3.05, 3.63) is 63.1 Å². The Morgan fingerprint density at radius 3 is 2.45 bits per heavy atom. The standard InChI is InChI=1S/C16H17BrClNO/c1-2-19-10-12-3-5-13(6-4-12)11-20-16-8-7-14(17)9-15(16)18/h3-9,19H,2,10-11H2,1H3. The van der Waals surface area contributed by atoms with Crippen molar-refractivity contribution in [1.29, 1.82) is 0 Å². The SMILES string of the molecule is CCNCc1ccc(COc2ccc(Br)cc2Cl)cc1. The van der Waals surface area contributed by atoms with Gasteiger partial charge in [0.15, 0.2) is 0 Å². The highest BCUT2D eigenvalue weighted by molar-refractivity contribution is 9.10. The second-order valence-corrected chi connectivity index (χ2v) is 5.78. The molecule has 0 spiro atoms. The number of nitrogens with one attached hydrogen (secondary N) is 1. The third-order valence-electron chi connectivity index (χ3n) is 2.89. The lowest BCUT2D eigenvalue weighted by Crippen LogP contribution is -2.11. The molecule has 1 N–H and O–H groups in total. The van der Waals surface area contributed by atoms with Gasteiger partial charge in [0.2, 0.25) is 0 Å². The quantitative estimate of drug-likeness (QED) is 0.805. The molecule has 0 bridgehead atoms. The summed E-state index contributed by atoms with van der Waals surface area (Å²) in [6.45, 7) is 4.50. The van der Waals surface area contributed by atoms with Gasteiger partial charge in [-0.25, -0.2) is 0 Å². The highest BCUT2D eigenvalue weighted by Crippen LogP contribution is 2.28. The van der Waals surface area contributed by atoms with Gasteiger partial charge in [-0.3, -0.25) is 0 Å². The molecule has 0 aliphatic heterocycles. The minimum absolute atomic E-state index is 0.517. The first kappa shape index (κ1) is 15.4. The van der Waals surface area contributed by atoms with Gasteiger partial charge < -0.3 is 10.1 Å². The number of rotatable bonds is 6. The monoisotopic (exact) mass is 353 g/mol. The molecule has 0 aromatic heterocycles. The Balaban J connectivity index is 1.93. The summed E-state index contributed by atoms with van der Waals surface area (Å²) in [6, 6.07) is 14.0. The van der Waals surface area contributed by atoms with Crippen molar-refractivity contribution in [2.24, 2.45) is 0 Å². The second kappa shape index (κ2) is 7.67. The van der Waals surface area contributed by atoms with E-state index in [9.17, 15) is 0 Å². The largest absolute Gasteiger partial charge is 0.487 e. The van der Waals surface area contributed by atoms with E-state index in [0.29, 0.717) is 17.4 Å². The predicted octanol–water partition coefficient (Wildman–Crippen LogP) is 4.79. The van der Waals surface area contributed by atoms with Gasteiger partial charge in [0.25, 0.3) is 0 Å². The third kappa shape index (κ3) is 4.51. The highest BCUT2D eigenvalue weighted by atomic mass is 79.9. The lowest BCUT2D eigenvalue weighted by molar-refractivity contribution is 0.306. The first-order valence-electron chi connectivity index (χ1n) is 6.55. The van der Waals surface area contributed by atoms with Gasteiger partial charge in [0.1, 0.15) is 12.4 Å². The summed E-state index contributed by atoms with van der Waals surface area (Å²) < 4.78 is 6.68. The zero-order valence-corrected chi connectivity index (χ0v) is 13.7. The van der Waals surface area contributed by atoms with E-state index in [1.165, 1.54) is 5.56 Å². The fraction of sp³-hybridized carbons (Fsp3) is 0.250. The molecule has 0 unspecified atom stereocenters. The van der Waals surface area contributed by atoms with Crippen LogP contribution in [0, 0.1) is 0 Å². The lowest BCUT2D eigenvalue weighted by atomic mass is 10.1. The van der Waals surface area contributed by atoms with Crippen LogP contribution in [0.4, 0.5) is 0 Å². The molecule has 0 heterocycles. The van der Waals surface area contributed by atoms with Crippen molar-refractivity contribution in [2.45, 2.75) is 20.1 Å². The second-order valence-electron chi connectivity index (χ2n) is 4.46.